The van der Waals surface area contributed by atoms with Gasteiger partial charge in [-0.15, -0.1) is 23.2 Å². The summed E-state index contributed by atoms with van der Waals surface area (Å²) in [5, 5.41) is 3.81. The zero-order valence-corrected chi connectivity index (χ0v) is 18.7. The molecule has 0 bridgehead atoms. The van der Waals surface area contributed by atoms with E-state index in [0.29, 0.717) is 12.1 Å². The molecular formula is C20H12Cl3F7N2O2. The molecule has 1 aliphatic carbocycles. The molecule has 4 nitrogen and oxygen atoms in total. The number of nitrogens with one attached hydrogen (secondary N) is 2. The van der Waals surface area contributed by atoms with Crippen molar-refractivity contribution in [2.45, 2.75) is 22.6 Å². The van der Waals surface area contributed by atoms with Crippen molar-refractivity contribution in [3.8, 4) is 0 Å². The molecule has 2 atom stereocenters. The van der Waals surface area contributed by atoms with Crippen LogP contribution in [0.25, 0.3) is 0 Å². The number of alkyl halides is 8. The summed E-state index contributed by atoms with van der Waals surface area (Å²) in [6, 6.07) is 5.47. The summed E-state index contributed by atoms with van der Waals surface area (Å²) in [6.07, 6.45) is -9.57. The van der Waals surface area contributed by atoms with E-state index in [4.69, 9.17) is 34.8 Å². The van der Waals surface area contributed by atoms with Crippen LogP contribution in [-0.4, -0.2) is 28.9 Å². The summed E-state index contributed by atoms with van der Waals surface area (Å²) in [7, 11) is 0. The van der Waals surface area contributed by atoms with Gasteiger partial charge in [0.05, 0.1) is 22.1 Å². The SMILES string of the molecule is O=C(NCC(F)(F)F)c1cc(NC(=O)[C@@H]2[C@@H](c3ccc(C(F)(F)F)c(F)c3)C2(Cl)Cl)ccc1Cl. The van der Waals surface area contributed by atoms with Crippen molar-refractivity contribution in [3.63, 3.8) is 0 Å². The molecule has 14 heteroatoms. The van der Waals surface area contributed by atoms with Gasteiger partial charge in [0, 0.05) is 11.6 Å². The van der Waals surface area contributed by atoms with Gasteiger partial charge in [-0.25, -0.2) is 4.39 Å². The Balaban J connectivity index is 1.76. The highest BCUT2D eigenvalue weighted by Crippen LogP contribution is 2.65. The normalized spacial score (nSPS) is 19.5. The molecule has 1 fully saturated rings. The predicted octanol–water partition coefficient (Wildman–Crippen LogP) is 6.32. The number of hydrogen-bond donors (Lipinski definition) is 2. The van der Waals surface area contributed by atoms with E-state index >= 15 is 0 Å². The number of amides is 2. The summed E-state index contributed by atoms with van der Waals surface area (Å²) in [6.45, 7) is -1.60. The average Bonchev–Trinajstić information content (AvgIpc) is 3.28. The zero-order valence-electron chi connectivity index (χ0n) is 16.4. The number of anilines is 1. The molecule has 2 N–H and O–H groups in total. The monoisotopic (exact) mass is 550 g/mol. The summed E-state index contributed by atoms with van der Waals surface area (Å²) < 4.78 is 87.4. The van der Waals surface area contributed by atoms with E-state index in [1.165, 1.54) is 6.07 Å². The minimum absolute atomic E-state index is 0.0417. The van der Waals surface area contributed by atoms with Crippen LogP contribution in [0.4, 0.5) is 36.4 Å². The maximum absolute atomic E-state index is 13.9. The lowest BCUT2D eigenvalue weighted by Crippen LogP contribution is -2.33. The molecule has 34 heavy (non-hydrogen) atoms. The van der Waals surface area contributed by atoms with Crippen LogP contribution in [0.1, 0.15) is 27.4 Å². The molecule has 0 unspecified atom stereocenters. The van der Waals surface area contributed by atoms with Crippen LogP contribution in [0, 0.1) is 11.7 Å². The van der Waals surface area contributed by atoms with Gasteiger partial charge in [0.1, 0.15) is 16.7 Å². The standard InChI is InChI=1S/C20H12Cl3F7N2O2/c21-12-4-2-9(6-10(12)16(33)31-7-18(25,26)27)32-17(34)15-14(19(15,22)23)8-1-3-11(13(24)5-8)20(28,29)30/h1-6,14-15H,7H2,(H,31,33)(H,32,34)/t14-,15+/m1/s1. The van der Waals surface area contributed by atoms with Crippen molar-refractivity contribution in [3.05, 3.63) is 63.9 Å². The highest BCUT2D eigenvalue weighted by Gasteiger charge is 2.67. The molecule has 0 aromatic heterocycles. The Bertz CT molecular complexity index is 1140. The smallest absolute Gasteiger partial charge is 0.343 e. The molecule has 1 saturated carbocycles. The molecule has 3 rings (SSSR count). The second-order valence-electron chi connectivity index (χ2n) is 7.35. The van der Waals surface area contributed by atoms with Crippen molar-refractivity contribution in [2.75, 3.05) is 11.9 Å². The lowest BCUT2D eigenvalue weighted by molar-refractivity contribution is -0.140. The fraction of sp³-hybridized carbons (Fsp3) is 0.300. The van der Waals surface area contributed by atoms with Crippen LogP contribution >= 0.6 is 34.8 Å². The summed E-state index contributed by atoms with van der Waals surface area (Å²) in [5.74, 6) is -5.78. The van der Waals surface area contributed by atoms with Crippen molar-refractivity contribution in [1.29, 1.82) is 0 Å². The van der Waals surface area contributed by atoms with E-state index in [1.807, 2.05) is 0 Å². The third-order valence-corrected chi connectivity index (χ3v) is 6.19. The second-order valence-corrected chi connectivity index (χ2v) is 9.20. The van der Waals surface area contributed by atoms with Crippen LogP contribution in [-0.2, 0) is 11.0 Å². The minimum Gasteiger partial charge on any atom is -0.343 e. The summed E-state index contributed by atoms with van der Waals surface area (Å²) in [4.78, 5) is 24.7. The lowest BCUT2D eigenvalue weighted by atomic mass is 10.1. The van der Waals surface area contributed by atoms with Gasteiger partial charge in [-0.2, -0.15) is 26.3 Å². The molecule has 2 aromatic carbocycles. The first-order chi connectivity index (χ1) is 15.5. The first-order valence-electron chi connectivity index (χ1n) is 9.22. The quantitative estimate of drug-likeness (QED) is 0.338. The molecule has 2 amide bonds. The average molecular weight is 552 g/mol. The van der Waals surface area contributed by atoms with Gasteiger partial charge < -0.3 is 10.6 Å². The van der Waals surface area contributed by atoms with Crippen molar-refractivity contribution in [2.24, 2.45) is 5.92 Å². The molecule has 0 saturated heterocycles. The molecule has 0 radical (unpaired) electrons. The number of hydrogen-bond acceptors (Lipinski definition) is 2. The maximum Gasteiger partial charge on any atom is 0.419 e. The van der Waals surface area contributed by atoms with E-state index in [-0.39, 0.29) is 21.8 Å². The van der Waals surface area contributed by atoms with Gasteiger partial charge in [-0.1, -0.05) is 17.7 Å². The Labute approximate surface area is 202 Å². The zero-order chi connectivity index (χ0) is 25.6. The van der Waals surface area contributed by atoms with Crippen LogP contribution in [0.3, 0.4) is 0 Å². The van der Waals surface area contributed by atoms with E-state index in [1.54, 1.807) is 5.32 Å². The maximum atomic E-state index is 13.9. The third kappa shape index (κ3) is 5.69. The van der Waals surface area contributed by atoms with Crippen LogP contribution in [0.15, 0.2) is 36.4 Å². The fourth-order valence-corrected chi connectivity index (χ4v) is 4.33. The van der Waals surface area contributed by atoms with Gasteiger partial charge in [-0.05, 0) is 35.9 Å². The molecule has 2 aromatic rings. The molecule has 184 valence electrons. The third-order valence-electron chi connectivity index (χ3n) is 4.92. The molecule has 0 aliphatic heterocycles. The van der Waals surface area contributed by atoms with E-state index < -0.39 is 58.3 Å². The number of benzene rings is 2. The number of carbonyl (C=O) groups is 2. The topological polar surface area (TPSA) is 58.2 Å². The van der Waals surface area contributed by atoms with Gasteiger partial charge in [-0.3, -0.25) is 9.59 Å². The van der Waals surface area contributed by atoms with Crippen molar-refractivity contribution < 1.29 is 40.3 Å². The van der Waals surface area contributed by atoms with Crippen LogP contribution in [0.5, 0.6) is 0 Å². The first kappa shape index (κ1) is 26.4. The van der Waals surface area contributed by atoms with Crippen molar-refractivity contribution >= 4 is 52.3 Å². The highest BCUT2D eigenvalue weighted by atomic mass is 35.5. The van der Waals surface area contributed by atoms with Gasteiger partial charge in [0.2, 0.25) is 5.91 Å². The predicted molar refractivity (Wildman–Crippen MR) is 111 cm³/mol. The van der Waals surface area contributed by atoms with Gasteiger partial charge in [0.25, 0.3) is 5.91 Å². The van der Waals surface area contributed by atoms with Crippen LogP contribution in [0.2, 0.25) is 5.02 Å². The van der Waals surface area contributed by atoms with E-state index in [9.17, 15) is 40.3 Å². The first-order valence-corrected chi connectivity index (χ1v) is 10.4. The lowest BCUT2D eigenvalue weighted by Gasteiger charge is -2.11. The largest absolute Gasteiger partial charge is 0.419 e. The second kappa shape index (κ2) is 9.09. The summed E-state index contributed by atoms with van der Waals surface area (Å²) >= 11 is 18.1. The van der Waals surface area contributed by atoms with Crippen molar-refractivity contribution in [1.82, 2.24) is 5.32 Å². The Morgan fingerprint density at radius 3 is 2.21 bits per heavy atom. The van der Waals surface area contributed by atoms with Gasteiger partial charge >= 0.3 is 12.4 Å². The molecule has 0 spiro atoms. The summed E-state index contributed by atoms with van der Waals surface area (Å²) in [5.41, 5.74) is -1.94. The molecular weight excluding hydrogens is 540 g/mol. The van der Waals surface area contributed by atoms with Crippen LogP contribution < -0.4 is 10.6 Å². The molecule has 0 heterocycles. The Kier molecular flexibility index (Phi) is 7.05. The Hall–Kier alpha value is -2.24. The fourth-order valence-electron chi connectivity index (χ4n) is 3.30. The number of carbonyl (C=O) groups excluding carboxylic acids is 2. The molecule has 1 aliphatic rings. The Morgan fingerprint density at radius 2 is 1.65 bits per heavy atom. The van der Waals surface area contributed by atoms with E-state index in [2.05, 4.69) is 5.32 Å². The Morgan fingerprint density at radius 1 is 1.00 bits per heavy atom. The number of rotatable bonds is 5. The highest BCUT2D eigenvalue weighted by molar-refractivity contribution is 6.53. The van der Waals surface area contributed by atoms with Gasteiger partial charge in [0.15, 0.2) is 0 Å². The number of halogens is 10. The minimum atomic E-state index is -4.92. The van der Waals surface area contributed by atoms with E-state index in [0.717, 1.165) is 18.2 Å².